The van der Waals surface area contributed by atoms with Crippen LogP contribution in [-0.2, 0) is 4.79 Å². The van der Waals surface area contributed by atoms with E-state index in [0.29, 0.717) is 17.3 Å². The third kappa shape index (κ3) is 4.75. The van der Waals surface area contributed by atoms with Gasteiger partial charge in [0.15, 0.2) is 0 Å². The molecule has 27 heavy (non-hydrogen) atoms. The molecule has 1 atom stereocenters. The second kappa shape index (κ2) is 8.95. The minimum Gasteiger partial charge on any atom is -0.497 e. The van der Waals surface area contributed by atoms with Crippen molar-refractivity contribution in [1.29, 1.82) is 0 Å². The zero-order chi connectivity index (χ0) is 19.4. The van der Waals surface area contributed by atoms with E-state index in [2.05, 4.69) is 26.1 Å². The van der Waals surface area contributed by atoms with Crippen LogP contribution in [0.15, 0.2) is 40.9 Å². The molecule has 0 radical (unpaired) electrons. The second-order valence-corrected chi connectivity index (χ2v) is 7.73. The van der Waals surface area contributed by atoms with Crippen molar-refractivity contribution in [3.05, 3.63) is 51.5 Å². The van der Waals surface area contributed by atoms with Gasteiger partial charge in [-0.1, -0.05) is 33.6 Å². The minimum absolute atomic E-state index is 0.0846. The lowest BCUT2D eigenvalue weighted by atomic mass is 10.0. The maximum absolute atomic E-state index is 12.6. The molecule has 1 N–H and O–H groups in total. The van der Waals surface area contributed by atoms with Gasteiger partial charge in [0.05, 0.1) is 31.5 Å². The van der Waals surface area contributed by atoms with Crippen LogP contribution in [0, 0.1) is 0 Å². The smallest absolute Gasteiger partial charge is 0.238 e. The molecule has 2 aromatic rings. The van der Waals surface area contributed by atoms with Gasteiger partial charge in [0, 0.05) is 22.1 Å². The number of benzene rings is 2. The van der Waals surface area contributed by atoms with Gasteiger partial charge in [-0.05, 0) is 43.7 Å². The van der Waals surface area contributed by atoms with Gasteiger partial charge in [0.2, 0.25) is 5.91 Å². The summed E-state index contributed by atoms with van der Waals surface area (Å²) in [5.41, 5.74) is 1.69. The Morgan fingerprint density at radius 1 is 1.26 bits per heavy atom. The third-order valence-electron chi connectivity index (χ3n) is 4.72. The maximum atomic E-state index is 12.6. The number of carbonyl (C=O) groups excluding carboxylic acids is 1. The van der Waals surface area contributed by atoms with Gasteiger partial charge in [-0.2, -0.15) is 0 Å². The molecule has 144 valence electrons. The molecule has 5 nitrogen and oxygen atoms in total. The van der Waals surface area contributed by atoms with Gasteiger partial charge in [-0.25, -0.2) is 0 Å². The number of methoxy groups -OCH3 is 2. The first-order valence-electron chi connectivity index (χ1n) is 8.72. The van der Waals surface area contributed by atoms with E-state index in [1.807, 2.05) is 24.3 Å². The SMILES string of the molecule is COc1ccc(C2CCCN2CC(=O)Nc2ccc(Br)cc2Cl)c(OC)c1. The summed E-state index contributed by atoms with van der Waals surface area (Å²) in [5.74, 6) is 1.45. The van der Waals surface area contributed by atoms with E-state index in [1.54, 1.807) is 26.4 Å². The summed E-state index contributed by atoms with van der Waals surface area (Å²) in [5, 5.41) is 3.41. The molecule has 7 heteroatoms. The van der Waals surface area contributed by atoms with Crippen molar-refractivity contribution >= 4 is 39.1 Å². The Labute approximate surface area is 172 Å². The van der Waals surface area contributed by atoms with E-state index in [-0.39, 0.29) is 11.9 Å². The lowest BCUT2D eigenvalue weighted by Gasteiger charge is -2.26. The van der Waals surface area contributed by atoms with Gasteiger partial charge < -0.3 is 14.8 Å². The van der Waals surface area contributed by atoms with Crippen molar-refractivity contribution in [2.24, 2.45) is 0 Å². The van der Waals surface area contributed by atoms with Crippen LogP contribution in [0.25, 0.3) is 0 Å². The Morgan fingerprint density at radius 2 is 2.07 bits per heavy atom. The van der Waals surface area contributed by atoms with Crippen LogP contribution >= 0.6 is 27.5 Å². The Kier molecular flexibility index (Phi) is 6.63. The van der Waals surface area contributed by atoms with Crippen molar-refractivity contribution < 1.29 is 14.3 Å². The number of halogens is 2. The van der Waals surface area contributed by atoms with Crippen LogP contribution in [0.5, 0.6) is 11.5 Å². The summed E-state index contributed by atoms with van der Waals surface area (Å²) >= 11 is 9.56. The molecule has 1 aliphatic heterocycles. The van der Waals surface area contributed by atoms with Crippen LogP contribution in [0.4, 0.5) is 5.69 Å². The van der Waals surface area contributed by atoms with E-state index in [1.165, 1.54) is 0 Å². The molecule has 0 aromatic heterocycles. The molecule has 1 unspecified atom stereocenters. The number of ether oxygens (including phenoxy) is 2. The zero-order valence-electron chi connectivity index (χ0n) is 15.3. The topological polar surface area (TPSA) is 50.8 Å². The van der Waals surface area contributed by atoms with Gasteiger partial charge >= 0.3 is 0 Å². The van der Waals surface area contributed by atoms with Crippen molar-refractivity contribution in [3.8, 4) is 11.5 Å². The highest BCUT2D eigenvalue weighted by molar-refractivity contribution is 9.10. The molecule has 1 fully saturated rings. The number of nitrogens with zero attached hydrogens (tertiary/aromatic N) is 1. The van der Waals surface area contributed by atoms with Gasteiger partial charge in [-0.3, -0.25) is 9.69 Å². The molecule has 1 saturated heterocycles. The first-order valence-corrected chi connectivity index (χ1v) is 9.89. The van der Waals surface area contributed by atoms with Crippen molar-refractivity contribution in [3.63, 3.8) is 0 Å². The van der Waals surface area contributed by atoms with E-state index < -0.39 is 0 Å². The van der Waals surface area contributed by atoms with Crippen LogP contribution < -0.4 is 14.8 Å². The summed E-state index contributed by atoms with van der Waals surface area (Å²) in [4.78, 5) is 14.7. The molecule has 0 aliphatic carbocycles. The first kappa shape index (κ1) is 20.0. The fraction of sp³-hybridized carbons (Fsp3) is 0.350. The van der Waals surface area contributed by atoms with E-state index in [9.17, 15) is 4.79 Å². The largest absolute Gasteiger partial charge is 0.497 e. The summed E-state index contributed by atoms with van der Waals surface area (Å²) < 4.78 is 11.7. The van der Waals surface area contributed by atoms with E-state index in [0.717, 1.165) is 40.9 Å². The predicted molar refractivity (Wildman–Crippen MR) is 111 cm³/mol. The maximum Gasteiger partial charge on any atom is 0.238 e. The predicted octanol–water partition coefficient (Wildman–Crippen LogP) is 4.90. The van der Waals surface area contributed by atoms with Crippen molar-refractivity contribution in [2.45, 2.75) is 18.9 Å². The number of likely N-dealkylation sites (tertiary alicyclic amines) is 1. The van der Waals surface area contributed by atoms with Crippen LogP contribution in [-0.4, -0.2) is 38.1 Å². The summed E-state index contributed by atoms with van der Waals surface area (Å²) in [7, 11) is 3.29. The summed E-state index contributed by atoms with van der Waals surface area (Å²) in [6, 6.07) is 11.4. The average molecular weight is 454 g/mol. The fourth-order valence-corrected chi connectivity index (χ4v) is 4.15. The monoisotopic (exact) mass is 452 g/mol. The molecule has 1 amide bonds. The minimum atomic E-state index is -0.0846. The van der Waals surface area contributed by atoms with Crippen LogP contribution in [0.3, 0.4) is 0 Å². The Bertz CT molecular complexity index is 831. The van der Waals surface area contributed by atoms with E-state index in [4.69, 9.17) is 21.1 Å². The number of rotatable bonds is 6. The molecule has 3 rings (SSSR count). The molecule has 1 heterocycles. The van der Waals surface area contributed by atoms with Gasteiger partial charge in [0.25, 0.3) is 0 Å². The van der Waals surface area contributed by atoms with E-state index >= 15 is 0 Å². The number of nitrogens with one attached hydrogen (secondary N) is 1. The Morgan fingerprint density at radius 3 is 2.78 bits per heavy atom. The Hall–Kier alpha value is -1.76. The molecular weight excluding hydrogens is 432 g/mol. The normalized spacial score (nSPS) is 17.0. The van der Waals surface area contributed by atoms with Crippen molar-refractivity contribution in [1.82, 2.24) is 4.90 Å². The quantitative estimate of drug-likeness (QED) is 0.676. The highest BCUT2D eigenvalue weighted by atomic mass is 79.9. The highest BCUT2D eigenvalue weighted by Gasteiger charge is 2.30. The first-order chi connectivity index (χ1) is 13.0. The van der Waals surface area contributed by atoms with Crippen molar-refractivity contribution in [2.75, 3.05) is 32.6 Å². The average Bonchev–Trinajstić information content (AvgIpc) is 3.11. The molecule has 0 spiro atoms. The zero-order valence-corrected chi connectivity index (χ0v) is 17.6. The third-order valence-corrected chi connectivity index (χ3v) is 5.52. The van der Waals surface area contributed by atoms with Crippen LogP contribution in [0.1, 0.15) is 24.4 Å². The molecular formula is C20H22BrClN2O3. The number of amides is 1. The molecule has 0 bridgehead atoms. The number of carbonyl (C=O) groups is 1. The number of anilines is 1. The highest BCUT2D eigenvalue weighted by Crippen LogP contribution is 2.38. The molecule has 0 saturated carbocycles. The lowest BCUT2D eigenvalue weighted by molar-refractivity contribution is -0.117. The molecule has 2 aromatic carbocycles. The second-order valence-electron chi connectivity index (χ2n) is 6.41. The molecule has 1 aliphatic rings. The van der Waals surface area contributed by atoms with Gasteiger partial charge in [0.1, 0.15) is 11.5 Å². The Balaban J connectivity index is 1.72. The summed E-state index contributed by atoms with van der Waals surface area (Å²) in [6.45, 7) is 1.16. The standard InChI is InChI=1S/C20H22BrClN2O3/c1-26-14-6-7-15(19(11-14)27-2)18-4-3-9-24(18)12-20(25)23-17-8-5-13(21)10-16(17)22/h5-8,10-11,18H,3-4,9,12H2,1-2H3,(H,23,25). The fourth-order valence-electron chi connectivity index (χ4n) is 3.43. The lowest BCUT2D eigenvalue weighted by Crippen LogP contribution is -2.33. The summed E-state index contributed by atoms with van der Waals surface area (Å²) in [6.07, 6.45) is 2.02. The van der Waals surface area contributed by atoms with Crippen LogP contribution in [0.2, 0.25) is 5.02 Å². The number of hydrogen-bond donors (Lipinski definition) is 1. The number of hydrogen-bond acceptors (Lipinski definition) is 4. The van der Waals surface area contributed by atoms with Gasteiger partial charge in [-0.15, -0.1) is 0 Å².